The van der Waals surface area contributed by atoms with Crippen molar-refractivity contribution in [2.24, 2.45) is 5.92 Å². The highest BCUT2D eigenvalue weighted by Gasteiger charge is 2.26. The van der Waals surface area contributed by atoms with E-state index in [2.05, 4.69) is 9.47 Å². The van der Waals surface area contributed by atoms with Gasteiger partial charge in [0.1, 0.15) is 6.10 Å². The maximum Gasteiger partial charge on any atom is 0.508 e. The number of hydrogen-bond acceptors (Lipinski definition) is 5. The van der Waals surface area contributed by atoms with Gasteiger partial charge >= 0.3 is 12.1 Å². The second kappa shape index (κ2) is 5.38. The van der Waals surface area contributed by atoms with E-state index in [9.17, 15) is 9.59 Å². The first kappa shape index (κ1) is 11.6. The van der Waals surface area contributed by atoms with Crippen molar-refractivity contribution in [1.82, 2.24) is 0 Å². The quantitative estimate of drug-likeness (QED) is 0.511. The summed E-state index contributed by atoms with van der Waals surface area (Å²) in [6.45, 7) is 0. The topological polar surface area (TPSA) is 61.8 Å². The molecule has 1 aliphatic carbocycles. The van der Waals surface area contributed by atoms with E-state index in [1.54, 1.807) is 12.2 Å². The molecule has 2 unspecified atom stereocenters. The number of hydrogen-bond donors (Lipinski definition) is 0. The first-order valence-corrected chi connectivity index (χ1v) is 4.66. The lowest BCUT2D eigenvalue weighted by molar-refractivity contribution is -0.146. The van der Waals surface area contributed by atoms with Crippen LogP contribution in [-0.4, -0.2) is 32.4 Å². The van der Waals surface area contributed by atoms with E-state index < -0.39 is 12.3 Å². The molecular weight excluding hydrogens is 200 g/mol. The predicted molar refractivity (Wildman–Crippen MR) is 51.2 cm³/mol. The summed E-state index contributed by atoms with van der Waals surface area (Å²) in [6.07, 6.45) is 3.46. The van der Waals surface area contributed by atoms with Gasteiger partial charge in [-0.25, -0.2) is 4.79 Å². The molecule has 0 heterocycles. The third kappa shape index (κ3) is 3.27. The van der Waals surface area contributed by atoms with Gasteiger partial charge in [0.2, 0.25) is 0 Å². The molecule has 0 amide bonds. The average Bonchev–Trinajstić information content (AvgIpc) is 2.28. The van der Waals surface area contributed by atoms with Crippen molar-refractivity contribution in [2.45, 2.75) is 18.9 Å². The highest BCUT2D eigenvalue weighted by Crippen LogP contribution is 2.22. The van der Waals surface area contributed by atoms with Crippen LogP contribution in [0, 0.1) is 5.92 Å². The van der Waals surface area contributed by atoms with Crippen molar-refractivity contribution in [3.05, 3.63) is 12.2 Å². The maximum absolute atomic E-state index is 11.2. The number of carbonyl (C=O) groups excluding carboxylic acids is 2. The Morgan fingerprint density at radius 1 is 1.27 bits per heavy atom. The number of carbonyl (C=O) groups is 2. The largest absolute Gasteiger partial charge is 0.508 e. The van der Waals surface area contributed by atoms with Gasteiger partial charge in [-0.1, -0.05) is 6.08 Å². The molecule has 0 aromatic heterocycles. The van der Waals surface area contributed by atoms with Crippen LogP contribution in [0.25, 0.3) is 0 Å². The Kier molecular flexibility index (Phi) is 4.15. The van der Waals surface area contributed by atoms with Gasteiger partial charge in [-0.2, -0.15) is 0 Å². The number of allylic oxidation sites excluding steroid dienone is 1. The lowest BCUT2D eigenvalue weighted by Crippen LogP contribution is -2.27. The highest BCUT2D eigenvalue weighted by atomic mass is 16.7. The lowest BCUT2D eigenvalue weighted by atomic mass is 9.93. The SMILES string of the molecule is COC(=O)OC1C=CCC(C(=O)OC)C1. The Hall–Kier alpha value is -1.52. The monoisotopic (exact) mass is 214 g/mol. The molecule has 0 spiro atoms. The van der Waals surface area contributed by atoms with Crippen molar-refractivity contribution in [2.75, 3.05) is 14.2 Å². The van der Waals surface area contributed by atoms with Crippen LogP contribution in [0.1, 0.15) is 12.8 Å². The second-order valence-electron chi connectivity index (χ2n) is 3.23. The van der Waals surface area contributed by atoms with Gasteiger partial charge in [0.25, 0.3) is 0 Å². The summed E-state index contributed by atoms with van der Waals surface area (Å²) in [4.78, 5) is 22.1. The maximum atomic E-state index is 11.2. The smallest absolute Gasteiger partial charge is 0.469 e. The Bertz CT molecular complexity index is 271. The molecule has 84 valence electrons. The minimum absolute atomic E-state index is 0.241. The standard InChI is InChI=1S/C10H14O5/c1-13-9(11)7-4-3-5-8(6-7)15-10(12)14-2/h3,5,7-8H,4,6H2,1-2H3. The zero-order valence-electron chi connectivity index (χ0n) is 8.76. The van der Waals surface area contributed by atoms with Crippen LogP contribution in [0.4, 0.5) is 4.79 Å². The van der Waals surface area contributed by atoms with E-state index in [1.807, 2.05) is 0 Å². The molecule has 0 fully saturated rings. The van der Waals surface area contributed by atoms with E-state index in [-0.39, 0.29) is 11.9 Å². The molecule has 1 aliphatic rings. The van der Waals surface area contributed by atoms with E-state index in [0.717, 1.165) is 0 Å². The van der Waals surface area contributed by atoms with Crippen LogP contribution in [-0.2, 0) is 19.0 Å². The Morgan fingerprint density at radius 2 is 2.00 bits per heavy atom. The van der Waals surface area contributed by atoms with Gasteiger partial charge in [0.15, 0.2) is 0 Å². The van der Waals surface area contributed by atoms with Crippen molar-refractivity contribution in [3.63, 3.8) is 0 Å². The third-order valence-electron chi connectivity index (χ3n) is 2.24. The first-order chi connectivity index (χ1) is 7.17. The van der Waals surface area contributed by atoms with Crippen LogP contribution < -0.4 is 0 Å². The normalized spacial score (nSPS) is 24.4. The van der Waals surface area contributed by atoms with Gasteiger partial charge in [-0.05, 0) is 12.5 Å². The molecule has 15 heavy (non-hydrogen) atoms. The second-order valence-corrected chi connectivity index (χ2v) is 3.23. The molecule has 0 radical (unpaired) electrons. The molecule has 0 N–H and O–H groups in total. The third-order valence-corrected chi connectivity index (χ3v) is 2.24. The van der Waals surface area contributed by atoms with Crippen LogP contribution in [0.15, 0.2) is 12.2 Å². The summed E-state index contributed by atoms with van der Waals surface area (Å²) in [5.41, 5.74) is 0. The molecule has 5 nitrogen and oxygen atoms in total. The van der Waals surface area contributed by atoms with Crippen molar-refractivity contribution < 1.29 is 23.8 Å². The van der Waals surface area contributed by atoms with Gasteiger partial charge in [-0.15, -0.1) is 0 Å². The lowest BCUT2D eigenvalue weighted by Gasteiger charge is -2.22. The number of methoxy groups -OCH3 is 2. The van der Waals surface area contributed by atoms with Crippen LogP contribution in [0.2, 0.25) is 0 Å². The molecule has 0 aromatic carbocycles. The highest BCUT2D eigenvalue weighted by molar-refractivity contribution is 5.73. The summed E-state index contributed by atoms with van der Waals surface area (Å²) >= 11 is 0. The van der Waals surface area contributed by atoms with Crippen LogP contribution in [0.5, 0.6) is 0 Å². The molecule has 0 aromatic rings. The fourth-order valence-electron chi connectivity index (χ4n) is 1.47. The zero-order valence-corrected chi connectivity index (χ0v) is 8.76. The van der Waals surface area contributed by atoms with Crippen LogP contribution >= 0.6 is 0 Å². The summed E-state index contributed by atoms with van der Waals surface area (Å²) in [7, 11) is 2.59. The number of esters is 1. The van der Waals surface area contributed by atoms with E-state index in [0.29, 0.717) is 12.8 Å². The molecule has 5 heteroatoms. The molecule has 2 atom stereocenters. The minimum atomic E-state index is -0.741. The van der Waals surface area contributed by atoms with Crippen molar-refractivity contribution >= 4 is 12.1 Å². The fourth-order valence-corrected chi connectivity index (χ4v) is 1.47. The molecule has 0 bridgehead atoms. The summed E-state index contributed by atoms with van der Waals surface area (Å²) in [6, 6.07) is 0. The Labute approximate surface area is 88.0 Å². The van der Waals surface area contributed by atoms with Gasteiger partial charge < -0.3 is 14.2 Å². The predicted octanol–water partition coefficient (Wildman–Crippen LogP) is 1.28. The summed E-state index contributed by atoms with van der Waals surface area (Å²) in [5, 5.41) is 0. The van der Waals surface area contributed by atoms with Gasteiger partial charge in [0, 0.05) is 6.42 Å². The van der Waals surface area contributed by atoms with E-state index in [4.69, 9.17) is 4.74 Å². The van der Waals surface area contributed by atoms with Gasteiger partial charge in [-0.3, -0.25) is 4.79 Å². The molecule has 0 saturated carbocycles. The zero-order chi connectivity index (χ0) is 11.3. The van der Waals surface area contributed by atoms with Crippen LogP contribution in [0.3, 0.4) is 0 Å². The summed E-state index contributed by atoms with van der Waals surface area (Å²) < 4.78 is 13.9. The number of ether oxygens (including phenoxy) is 3. The Balaban J connectivity index is 2.49. The molecule has 0 aliphatic heterocycles. The minimum Gasteiger partial charge on any atom is -0.469 e. The molecule has 1 rings (SSSR count). The summed E-state index contributed by atoms with van der Waals surface area (Å²) in [5.74, 6) is -0.521. The average molecular weight is 214 g/mol. The first-order valence-electron chi connectivity index (χ1n) is 4.66. The fraction of sp³-hybridized carbons (Fsp3) is 0.600. The van der Waals surface area contributed by atoms with Gasteiger partial charge in [0.05, 0.1) is 20.1 Å². The molecule has 0 saturated heterocycles. The van der Waals surface area contributed by atoms with E-state index in [1.165, 1.54) is 14.2 Å². The molecular formula is C10H14O5. The Morgan fingerprint density at radius 3 is 2.60 bits per heavy atom. The number of rotatable bonds is 2. The van der Waals surface area contributed by atoms with Crippen molar-refractivity contribution in [3.8, 4) is 0 Å². The van der Waals surface area contributed by atoms with E-state index >= 15 is 0 Å². The van der Waals surface area contributed by atoms with Crippen molar-refractivity contribution in [1.29, 1.82) is 0 Å².